The molecule has 3 heterocycles. The lowest BCUT2D eigenvalue weighted by atomic mass is 9.62. The Morgan fingerprint density at radius 2 is 1.70 bits per heavy atom. The fraction of sp³-hybridized carbons (Fsp3) is 0.312. The standard InChI is InChI=1S/C32H33N5O3/c1-20-24-17-25(21-9-7-6-8-10-21)27(35-28(24)37-26(34-20)15-16-33-37)22-11-13-23(14-12-22)32(18-31(5,39)19-32)36-29(38)40-30(2,3)4/h6-17,39H,18-19H2,1-5H3,(H,36,38). The first-order valence-electron chi connectivity index (χ1n) is 13.5. The molecule has 0 saturated heterocycles. The third-order valence-corrected chi connectivity index (χ3v) is 7.40. The average Bonchev–Trinajstić information content (AvgIpc) is 3.35. The molecule has 40 heavy (non-hydrogen) atoms. The summed E-state index contributed by atoms with van der Waals surface area (Å²) in [7, 11) is 0. The minimum Gasteiger partial charge on any atom is -0.444 e. The van der Waals surface area contributed by atoms with Crippen molar-refractivity contribution < 1.29 is 14.6 Å². The van der Waals surface area contributed by atoms with Crippen molar-refractivity contribution in [2.24, 2.45) is 0 Å². The van der Waals surface area contributed by atoms with E-state index in [-0.39, 0.29) is 0 Å². The highest BCUT2D eigenvalue weighted by atomic mass is 16.6. The van der Waals surface area contributed by atoms with E-state index in [1.54, 1.807) is 17.6 Å². The number of nitrogens with one attached hydrogen (secondary N) is 1. The quantitative estimate of drug-likeness (QED) is 0.285. The Bertz CT molecular complexity index is 1730. The number of carbonyl (C=O) groups excluding carboxylic acids is 1. The van der Waals surface area contributed by atoms with E-state index in [2.05, 4.69) is 28.6 Å². The monoisotopic (exact) mass is 535 g/mol. The number of hydrogen-bond acceptors (Lipinski definition) is 6. The van der Waals surface area contributed by atoms with Crippen molar-refractivity contribution in [2.75, 3.05) is 0 Å². The van der Waals surface area contributed by atoms with Gasteiger partial charge in [-0.25, -0.2) is 14.8 Å². The van der Waals surface area contributed by atoms with Gasteiger partial charge in [-0.05, 0) is 51.8 Å². The summed E-state index contributed by atoms with van der Waals surface area (Å²) in [5.74, 6) is 0. The van der Waals surface area contributed by atoms with Gasteiger partial charge in [-0.3, -0.25) is 0 Å². The van der Waals surface area contributed by atoms with Gasteiger partial charge in [-0.1, -0.05) is 54.6 Å². The number of rotatable bonds is 4. The van der Waals surface area contributed by atoms with Crippen LogP contribution in [0.15, 0.2) is 72.9 Å². The van der Waals surface area contributed by atoms with Crippen molar-refractivity contribution in [3.8, 4) is 22.4 Å². The number of aryl methyl sites for hydroxylation is 1. The van der Waals surface area contributed by atoms with Gasteiger partial charge in [0, 0.05) is 35.4 Å². The number of pyridine rings is 1. The predicted octanol–water partition coefficient (Wildman–Crippen LogP) is 6.18. The summed E-state index contributed by atoms with van der Waals surface area (Å²) in [4.78, 5) is 22.6. The van der Waals surface area contributed by atoms with Crippen molar-refractivity contribution in [3.05, 3.63) is 84.2 Å². The lowest BCUT2D eigenvalue weighted by Crippen LogP contribution is -2.62. The summed E-state index contributed by atoms with van der Waals surface area (Å²) >= 11 is 0. The number of aromatic nitrogens is 4. The maximum atomic E-state index is 12.7. The second kappa shape index (κ2) is 9.13. The topological polar surface area (TPSA) is 102 Å². The summed E-state index contributed by atoms with van der Waals surface area (Å²) in [5.41, 5.74) is 4.88. The molecule has 3 aromatic heterocycles. The molecule has 8 nitrogen and oxygen atoms in total. The van der Waals surface area contributed by atoms with Gasteiger partial charge in [0.15, 0.2) is 11.3 Å². The number of alkyl carbamates (subject to hydrolysis) is 1. The highest BCUT2D eigenvalue weighted by Crippen LogP contribution is 2.48. The molecule has 6 rings (SSSR count). The van der Waals surface area contributed by atoms with Gasteiger partial charge >= 0.3 is 6.09 Å². The van der Waals surface area contributed by atoms with Gasteiger partial charge in [0.25, 0.3) is 0 Å². The zero-order valence-corrected chi connectivity index (χ0v) is 23.4. The summed E-state index contributed by atoms with van der Waals surface area (Å²) in [6, 6.07) is 22.2. The van der Waals surface area contributed by atoms with Crippen LogP contribution >= 0.6 is 0 Å². The molecule has 0 atom stereocenters. The number of aliphatic hydroxyl groups is 1. The van der Waals surface area contributed by atoms with Crippen molar-refractivity contribution in [2.45, 2.75) is 64.2 Å². The van der Waals surface area contributed by atoms with Crippen LogP contribution in [0.25, 0.3) is 39.1 Å². The Kier molecular flexibility index (Phi) is 5.92. The number of benzene rings is 2. The van der Waals surface area contributed by atoms with Crippen LogP contribution in [0, 0.1) is 6.92 Å². The van der Waals surface area contributed by atoms with Crippen LogP contribution in [0.5, 0.6) is 0 Å². The molecule has 5 aromatic rings. The lowest BCUT2D eigenvalue weighted by molar-refractivity contribution is -0.0892. The molecule has 0 unspecified atom stereocenters. The Balaban J connectivity index is 1.45. The predicted molar refractivity (Wildman–Crippen MR) is 155 cm³/mol. The molecule has 204 valence electrons. The first-order valence-corrected chi connectivity index (χ1v) is 13.5. The molecule has 1 aliphatic carbocycles. The molecule has 1 amide bonds. The van der Waals surface area contributed by atoms with Gasteiger partial charge in [0.1, 0.15) is 5.60 Å². The number of hydrogen-bond donors (Lipinski definition) is 2. The van der Waals surface area contributed by atoms with Gasteiger partial charge < -0.3 is 15.2 Å². The molecule has 0 bridgehead atoms. The number of carbonyl (C=O) groups is 1. The maximum absolute atomic E-state index is 12.7. The molecule has 0 radical (unpaired) electrons. The van der Waals surface area contributed by atoms with Crippen LogP contribution in [-0.2, 0) is 10.3 Å². The van der Waals surface area contributed by atoms with E-state index < -0.39 is 22.8 Å². The van der Waals surface area contributed by atoms with Gasteiger partial charge in [0.05, 0.1) is 28.7 Å². The Morgan fingerprint density at radius 1 is 1.00 bits per heavy atom. The fourth-order valence-electron chi connectivity index (χ4n) is 5.82. The highest BCUT2D eigenvalue weighted by Gasteiger charge is 2.53. The van der Waals surface area contributed by atoms with Crippen LogP contribution in [-0.4, -0.2) is 42.0 Å². The van der Waals surface area contributed by atoms with Crippen LogP contribution in [0.2, 0.25) is 0 Å². The second-order valence-corrected chi connectivity index (χ2v) is 12.1. The molecule has 1 aliphatic rings. The van der Waals surface area contributed by atoms with Gasteiger partial charge in [0.2, 0.25) is 0 Å². The zero-order chi connectivity index (χ0) is 28.3. The molecule has 1 fully saturated rings. The van der Waals surface area contributed by atoms with Crippen molar-refractivity contribution >= 4 is 22.8 Å². The van der Waals surface area contributed by atoms with Crippen molar-refractivity contribution in [1.29, 1.82) is 0 Å². The molecule has 0 spiro atoms. The van der Waals surface area contributed by atoms with E-state index in [9.17, 15) is 9.90 Å². The van der Waals surface area contributed by atoms with Crippen LogP contribution in [0.4, 0.5) is 4.79 Å². The minimum atomic E-state index is -0.866. The Morgan fingerprint density at radius 3 is 2.35 bits per heavy atom. The number of amides is 1. The summed E-state index contributed by atoms with van der Waals surface area (Å²) in [6.07, 6.45) is 2.02. The molecule has 1 saturated carbocycles. The van der Waals surface area contributed by atoms with E-state index in [4.69, 9.17) is 14.7 Å². The minimum absolute atomic E-state index is 0.394. The van der Waals surface area contributed by atoms with Crippen molar-refractivity contribution in [1.82, 2.24) is 24.9 Å². The van der Waals surface area contributed by atoms with Gasteiger partial charge in [-0.15, -0.1) is 0 Å². The molecule has 2 N–H and O–H groups in total. The van der Waals surface area contributed by atoms with E-state index in [1.807, 2.05) is 76.2 Å². The molecule has 0 aliphatic heterocycles. The summed E-state index contributed by atoms with van der Waals surface area (Å²) < 4.78 is 7.31. The Labute approximate surface area is 233 Å². The summed E-state index contributed by atoms with van der Waals surface area (Å²) in [5, 5.41) is 19.1. The lowest BCUT2D eigenvalue weighted by Gasteiger charge is -2.52. The number of fused-ring (bicyclic) bond motifs is 3. The molecule has 2 aromatic carbocycles. The second-order valence-electron chi connectivity index (χ2n) is 12.1. The van der Waals surface area contributed by atoms with Crippen LogP contribution < -0.4 is 5.32 Å². The highest BCUT2D eigenvalue weighted by molar-refractivity contribution is 5.92. The van der Waals surface area contributed by atoms with E-state index >= 15 is 0 Å². The number of nitrogens with zero attached hydrogens (tertiary/aromatic N) is 4. The molecular weight excluding hydrogens is 502 g/mol. The van der Waals surface area contributed by atoms with Crippen LogP contribution in [0.1, 0.15) is 51.8 Å². The van der Waals surface area contributed by atoms with Gasteiger partial charge in [-0.2, -0.15) is 9.61 Å². The first-order chi connectivity index (χ1) is 18.9. The normalized spacial score (nSPS) is 20.9. The third-order valence-electron chi connectivity index (χ3n) is 7.40. The maximum Gasteiger partial charge on any atom is 0.408 e. The Hall–Kier alpha value is -4.30. The third kappa shape index (κ3) is 4.69. The molecular formula is C32H33N5O3. The van der Waals surface area contributed by atoms with E-state index in [1.165, 1.54) is 0 Å². The first kappa shape index (κ1) is 26.0. The average molecular weight is 536 g/mol. The van der Waals surface area contributed by atoms with Crippen LogP contribution in [0.3, 0.4) is 0 Å². The fourth-order valence-corrected chi connectivity index (χ4v) is 5.82. The van der Waals surface area contributed by atoms with Crippen molar-refractivity contribution in [3.63, 3.8) is 0 Å². The largest absolute Gasteiger partial charge is 0.444 e. The summed E-state index contributed by atoms with van der Waals surface area (Å²) in [6.45, 7) is 9.28. The number of ether oxygens (including phenoxy) is 1. The van der Waals surface area contributed by atoms with E-state index in [0.29, 0.717) is 12.8 Å². The SMILES string of the molecule is Cc1nc2ccnn2c2nc(-c3ccc(C4(NC(=O)OC(C)(C)C)CC(C)(O)C4)cc3)c(-c3ccccc3)cc12. The zero-order valence-electron chi connectivity index (χ0n) is 23.4. The van der Waals surface area contributed by atoms with E-state index in [0.717, 1.165) is 50.3 Å². The smallest absolute Gasteiger partial charge is 0.408 e. The molecule has 8 heteroatoms.